The van der Waals surface area contributed by atoms with Crippen LogP contribution in [-0.2, 0) is 9.53 Å². The van der Waals surface area contributed by atoms with Crippen LogP contribution in [0.2, 0.25) is 0 Å². The first-order valence-corrected chi connectivity index (χ1v) is 3.71. The van der Waals surface area contributed by atoms with Crippen LogP contribution in [0.3, 0.4) is 0 Å². The predicted molar refractivity (Wildman–Crippen MR) is 40.6 cm³/mol. The molecule has 2 nitrogen and oxygen atoms in total. The molecule has 0 amide bonds. The van der Waals surface area contributed by atoms with Gasteiger partial charge in [-0.05, 0) is 12.3 Å². The van der Waals surface area contributed by atoms with E-state index >= 15 is 0 Å². The van der Waals surface area contributed by atoms with Crippen LogP contribution in [-0.4, -0.2) is 13.1 Å². The molecule has 2 heteroatoms. The molecule has 0 heterocycles. The van der Waals surface area contributed by atoms with E-state index in [1.807, 2.05) is 20.8 Å². The molecule has 0 fully saturated rings. The van der Waals surface area contributed by atoms with Crippen molar-refractivity contribution in [2.24, 2.45) is 11.8 Å². The monoisotopic (exact) mass is 144 g/mol. The van der Waals surface area contributed by atoms with Gasteiger partial charge in [-0.3, -0.25) is 4.79 Å². The summed E-state index contributed by atoms with van der Waals surface area (Å²) in [5, 5.41) is 0. The lowest BCUT2D eigenvalue weighted by atomic mass is 9.94. The quantitative estimate of drug-likeness (QED) is 0.565. The van der Waals surface area contributed by atoms with E-state index in [2.05, 4.69) is 4.74 Å². The fraction of sp³-hybridized carbons (Fsp3) is 0.875. The maximum atomic E-state index is 11.0. The van der Waals surface area contributed by atoms with Gasteiger partial charge in [0.15, 0.2) is 0 Å². The van der Waals surface area contributed by atoms with E-state index in [4.69, 9.17) is 0 Å². The number of hydrogen-bond donors (Lipinski definition) is 0. The first-order valence-electron chi connectivity index (χ1n) is 3.71. The van der Waals surface area contributed by atoms with Crippen LogP contribution in [0.1, 0.15) is 27.2 Å². The third kappa shape index (κ3) is 2.38. The highest BCUT2D eigenvalue weighted by Gasteiger charge is 2.19. The molecule has 60 valence electrons. The second-order valence-corrected chi connectivity index (χ2v) is 2.78. The molecular formula is C8H16O2. The van der Waals surface area contributed by atoms with Crippen LogP contribution >= 0.6 is 0 Å². The van der Waals surface area contributed by atoms with E-state index < -0.39 is 0 Å². The van der Waals surface area contributed by atoms with Crippen LogP contribution in [0.25, 0.3) is 0 Å². The Balaban J connectivity index is 3.93. The van der Waals surface area contributed by atoms with Gasteiger partial charge in [-0.2, -0.15) is 0 Å². The van der Waals surface area contributed by atoms with Gasteiger partial charge in [-0.25, -0.2) is 0 Å². The van der Waals surface area contributed by atoms with Gasteiger partial charge in [-0.1, -0.05) is 20.8 Å². The molecule has 0 aliphatic carbocycles. The van der Waals surface area contributed by atoms with E-state index in [9.17, 15) is 4.79 Å². The fourth-order valence-electron chi connectivity index (χ4n) is 1.06. The van der Waals surface area contributed by atoms with Crippen LogP contribution in [0.15, 0.2) is 0 Å². The van der Waals surface area contributed by atoms with E-state index in [0.717, 1.165) is 6.42 Å². The molecule has 0 aromatic rings. The van der Waals surface area contributed by atoms with Crippen molar-refractivity contribution in [3.63, 3.8) is 0 Å². The fourth-order valence-corrected chi connectivity index (χ4v) is 1.06. The predicted octanol–water partition coefficient (Wildman–Crippen LogP) is 1.84. The Morgan fingerprint density at radius 2 is 2.00 bits per heavy atom. The van der Waals surface area contributed by atoms with Gasteiger partial charge < -0.3 is 4.74 Å². The topological polar surface area (TPSA) is 26.3 Å². The van der Waals surface area contributed by atoms with Crippen LogP contribution < -0.4 is 0 Å². The highest BCUT2D eigenvalue weighted by Crippen LogP contribution is 2.15. The lowest BCUT2D eigenvalue weighted by molar-refractivity contribution is -0.147. The number of carbonyl (C=O) groups excluding carboxylic acids is 1. The molecular weight excluding hydrogens is 128 g/mol. The average Bonchev–Trinajstić information content (AvgIpc) is 1.88. The third-order valence-electron chi connectivity index (χ3n) is 1.75. The Hall–Kier alpha value is -0.530. The van der Waals surface area contributed by atoms with Gasteiger partial charge in [0.25, 0.3) is 0 Å². The lowest BCUT2D eigenvalue weighted by Crippen LogP contribution is -2.20. The molecule has 0 bridgehead atoms. The first kappa shape index (κ1) is 9.47. The maximum absolute atomic E-state index is 11.0. The Morgan fingerprint density at radius 1 is 1.50 bits per heavy atom. The van der Waals surface area contributed by atoms with E-state index in [-0.39, 0.29) is 11.9 Å². The van der Waals surface area contributed by atoms with Crippen molar-refractivity contribution >= 4 is 5.97 Å². The zero-order valence-electron chi connectivity index (χ0n) is 7.18. The standard InChI is InChI=1S/C8H16O2/c1-5-7(6(2)3)8(9)10-4/h6-7H,5H2,1-4H3/t7-/m0/s1. The van der Waals surface area contributed by atoms with E-state index in [1.165, 1.54) is 7.11 Å². The molecule has 0 aliphatic heterocycles. The van der Waals surface area contributed by atoms with E-state index in [0.29, 0.717) is 5.92 Å². The molecule has 0 aliphatic rings. The average molecular weight is 144 g/mol. The molecule has 1 atom stereocenters. The van der Waals surface area contributed by atoms with Gasteiger partial charge in [0, 0.05) is 0 Å². The number of esters is 1. The van der Waals surface area contributed by atoms with Crippen LogP contribution in [0, 0.1) is 11.8 Å². The lowest BCUT2D eigenvalue weighted by Gasteiger charge is -2.15. The van der Waals surface area contributed by atoms with Gasteiger partial charge >= 0.3 is 5.97 Å². The summed E-state index contributed by atoms with van der Waals surface area (Å²) in [5.41, 5.74) is 0. The van der Waals surface area contributed by atoms with Crippen molar-refractivity contribution in [1.82, 2.24) is 0 Å². The Labute approximate surface area is 62.6 Å². The number of hydrogen-bond acceptors (Lipinski definition) is 2. The molecule has 0 radical (unpaired) electrons. The number of ether oxygens (including phenoxy) is 1. The van der Waals surface area contributed by atoms with Crippen molar-refractivity contribution < 1.29 is 9.53 Å². The molecule has 0 aromatic heterocycles. The molecule has 0 saturated heterocycles. The minimum absolute atomic E-state index is 0.0741. The smallest absolute Gasteiger partial charge is 0.308 e. The van der Waals surface area contributed by atoms with Crippen LogP contribution in [0.4, 0.5) is 0 Å². The molecule has 0 rings (SSSR count). The Morgan fingerprint density at radius 3 is 2.10 bits per heavy atom. The minimum Gasteiger partial charge on any atom is -0.469 e. The molecule has 0 aromatic carbocycles. The summed E-state index contributed by atoms with van der Waals surface area (Å²) >= 11 is 0. The Kier molecular flexibility index (Phi) is 4.08. The highest BCUT2D eigenvalue weighted by molar-refractivity contribution is 5.72. The van der Waals surface area contributed by atoms with Gasteiger partial charge in [0.05, 0.1) is 13.0 Å². The largest absolute Gasteiger partial charge is 0.469 e. The summed E-state index contributed by atoms with van der Waals surface area (Å²) in [7, 11) is 1.44. The van der Waals surface area contributed by atoms with Crippen LogP contribution in [0.5, 0.6) is 0 Å². The summed E-state index contributed by atoms with van der Waals surface area (Å²) in [5.74, 6) is 0.375. The van der Waals surface area contributed by atoms with E-state index in [1.54, 1.807) is 0 Å². The van der Waals surface area contributed by atoms with Crippen molar-refractivity contribution in [3.05, 3.63) is 0 Å². The maximum Gasteiger partial charge on any atom is 0.308 e. The highest BCUT2D eigenvalue weighted by atomic mass is 16.5. The number of rotatable bonds is 3. The zero-order valence-corrected chi connectivity index (χ0v) is 7.18. The van der Waals surface area contributed by atoms with Crippen molar-refractivity contribution in [3.8, 4) is 0 Å². The second-order valence-electron chi connectivity index (χ2n) is 2.78. The van der Waals surface area contributed by atoms with Crippen molar-refractivity contribution in [2.75, 3.05) is 7.11 Å². The second kappa shape index (κ2) is 4.31. The van der Waals surface area contributed by atoms with Gasteiger partial charge in [0.1, 0.15) is 0 Å². The normalized spacial score (nSPS) is 13.3. The van der Waals surface area contributed by atoms with Crippen molar-refractivity contribution in [2.45, 2.75) is 27.2 Å². The summed E-state index contributed by atoms with van der Waals surface area (Å²) in [6, 6.07) is 0. The minimum atomic E-state index is -0.0856. The first-order chi connectivity index (χ1) is 4.63. The summed E-state index contributed by atoms with van der Waals surface area (Å²) in [4.78, 5) is 11.0. The molecule has 0 unspecified atom stereocenters. The summed E-state index contributed by atoms with van der Waals surface area (Å²) < 4.78 is 4.63. The summed E-state index contributed by atoms with van der Waals surface area (Å²) in [6.07, 6.45) is 0.865. The number of methoxy groups -OCH3 is 1. The third-order valence-corrected chi connectivity index (χ3v) is 1.75. The molecule has 10 heavy (non-hydrogen) atoms. The van der Waals surface area contributed by atoms with Gasteiger partial charge in [0.2, 0.25) is 0 Å². The Bertz CT molecular complexity index is 108. The SMILES string of the molecule is CC[C@H](C(=O)OC)C(C)C. The zero-order chi connectivity index (χ0) is 8.15. The summed E-state index contributed by atoms with van der Waals surface area (Å²) in [6.45, 7) is 6.07. The van der Waals surface area contributed by atoms with Gasteiger partial charge in [-0.15, -0.1) is 0 Å². The molecule has 0 spiro atoms. The molecule has 0 N–H and O–H groups in total. The molecule has 0 saturated carbocycles. The number of carbonyl (C=O) groups is 1. The van der Waals surface area contributed by atoms with Crippen molar-refractivity contribution in [1.29, 1.82) is 0 Å².